The average Bonchev–Trinajstić information content (AvgIpc) is 2.38. The first kappa shape index (κ1) is 14.1. The number of hydrogen-bond acceptors (Lipinski definition) is 1. The van der Waals surface area contributed by atoms with Crippen LogP contribution in [0.25, 0.3) is 0 Å². The summed E-state index contributed by atoms with van der Waals surface area (Å²) in [6.07, 6.45) is 0. The van der Waals surface area contributed by atoms with Gasteiger partial charge in [-0.15, -0.1) is 11.6 Å². The number of amides is 1. The van der Waals surface area contributed by atoms with Crippen LogP contribution in [0.2, 0.25) is 0 Å². The average molecular weight is 339 g/mol. The highest BCUT2D eigenvalue weighted by Gasteiger charge is 2.07. The molecule has 0 fully saturated rings. The number of carbonyl (C=O) groups is 1. The lowest BCUT2D eigenvalue weighted by molar-refractivity contribution is 0.102. The molecular formula is C15H13BrClNO. The van der Waals surface area contributed by atoms with Crippen molar-refractivity contribution in [2.45, 2.75) is 12.8 Å². The molecule has 4 heteroatoms. The van der Waals surface area contributed by atoms with E-state index >= 15 is 0 Å². The molecule has 1 amide bonds. The van der Waals surface area contributed by atoms with Crippen molar-refractivity contribution in [1.82, 2.24) is 0 Å². The molecule has 0 saturated carbocycles. The minimum atomic E-state index is -0.122. The van der Waals surface area contributed by atoms with Crippen molar-refractivity contribution in [3.63, 3.8) is 0 Å². The quantitative estimate of drug-likeness (QED) is 0.804. The second-order valence-corrected chi connectivity index (χ2v) is 5.48. The van der Waals surface area contributed by atoms with Gasteiger partial charge in [0.05, 0.1) is 0 Å². The van der Waals surface area contributed by atoms with Gasteiger partial charge in [0, 0.05) is 21.6 Å². The maximum Gasteiger partial charge on any atom is 0.255 e. The first-order valence-corrected chi connectivity index (χ1v) is 7.14. The van der Waals surface area contributed by atoms with Crippen LogP contribution in [0.4, 0.5) is 5.69 Å². The summed E-state index contributed by atoms with van der Waals surface area (Å²) in [7, 11) is 0. The maximum absolute atomic E-state index is 12.1. The summed E-state index contributed by atoms with van der Waals surface area (Å²) in [6, 6.07) is 13.1. The number of halogens is 2. The fraction of sp³-hybridized carbons (Fsp3) is 0.133. The molecular weight excluding hydrogens is 326 g/mol. The van der Waals surface area contributed by atoms with Crippen LogP contribution in [-0.4, -0.2) is 5.91 Å². The van der Waals surface area contributed by atoms with E-state index in [1.807, 2.05) is 43.3 Å². The van der Waals surface area contributed by atoms with Crippen LogP contribution in [-0.2, 0) is 5.88 Å². The summed E-state index contributed by atoms with van der Waals surface area (Å²) < 4.78 is 0.898. The third kappa shape index (κ3) is 3.82. The standard InChI is InChI=1S/C15H13BrClNO/c1-10-6-12(8-13(16)7-10)15(19)18-14-4-2-11(9-17)3-5-14/h2-8H,9H2,1H3,(H,18,19). The summed E-state index contributed by atoms with van der Waals surface area (Å²) in [5.41, 5.74) is 3.46. The van der Waals surface area contributed by atoms with Gasteiger partial charge in [-0.05, 0) is 48.4 Å². The van der Waals surface area contributed by atoms with Crippen molar-refractivity contribution in [3.8, 4) is 0 Å². The predicted octanol–water partition coefficient (Wildman–Crippen LogP) is 4.75. The van der Waals surface area contributed by atoms with E-state index in [0.29, 0.717) is 11.4 Å². The number of benzene rings is 2. The monoisotopic (exact) mass is 337 g/mol. The van der Waals surface area contributed by atoms with E-state index in [1.165, 1.54) is 0 Å². The van der Waals surface area contributed by atoms with E-state index in [0.717, 1.165) is 21.3 Å². The molecule has 2 rings (SSSR count). The normalized spacial score (nSPS) is 10.3. The predicted molar refractivity (Wildman–Crippen MR) is 82.8 cm³/mol. The van der Waals surface area contributed by atoms with Crippen LogP contribution in [0, 0.1) is 6.92 Å². The van der Waals surface area contributed by atoms with E-state index in [1.54, 1.807) is 6.07 Å². The van der Waals surface area contributed by atoms with E-state index in [9.17, 15) is 4.79 Å². The topological polar surface area (TPSA) is 29.1 Å². The second kappa shape index (κ2) is 6.22. The Morgan fingerprint density at radius 3 is 2.47 bits per heavy atom. The number of nitrogens with one attached hydrogen (secondary N) is 1. The van der Waals surface area contributed by atoms with Crippen LogP contribution in [0.3, 0.4) is 0 Å². The number of alkyl halides is 1. The summed E-state index contributed by atoms with van der Waals surface area (Å²) in [4.78, 5) is 12.1. The third-order valence-electron chi connectivity index (χ3n) is 2.67. The first-order valence-electron chi connectivity index (χ1n) is 5.82. The van der Waals surface area contributed by atoms with Gasteiger partial charge in [0.15, 0.2) is 0 Å². The van der Waals surface area contributed by atoms with Crippen molar-refractivity contribution in [2.24, 2.45) is 0 Å². The molecule has 0 unspecified atom stereocenters. The number of rotatable bonds is 3. The molecule has 0 bridgehead atoms. The molecule has 98 valence electrons. The zero-order valence-corrected chi connectivity index (χ0v) is 12.8. The Kier molecular flexibility index (Phi) is 4.61. The Balaban J connectivity index is 2.15. The van der Waals surface area contributed by atoms with Crippen molar-refractivity contribution in [1.29, 1.82) is 0 Å². The third-order valence-corrected chi connectivity index (χ3v) is 3.44. The minimum absolute atomic E-state index is 0.122. The first-order chi connectivity index (χ1) is 9.08. The van der Waals surface area contributed by atoms with Crippen LogP contribution >= 0.6 is 27.5 Å². The zero-order chi connectivity index (χ0) is 13.8. The van der Waals surface area contributed by atoms with E-state index in [-0.39, 0.29) is 5.91 Å². The molecule has 0 aliphatic heterocycles. The fourth-order valence-corrected chi connectivity index (χ4v) is 2.53. The molecule has 0 atom stereocenters. The van der Waals surface area contributed by atoms with Gasteiger partial charge in [-0.1, -0.05) is 28.1 Å². The molecule has 0 aliphatic carbocycles. The lowest BCUT2D eigenvalue weighted by Gasteiger charge is -2.07. The molecule has 0 aromatic heterocycles. The molecule has 2 aromatic rings. The van der Waals surface area contributed by atoms with Gasteiger partial charge in [-0.3, -0.25) is 4.79 Å². The Morgan fingerprint density at radius 1 is 1.21 bits per heavy atom. The highest BCUT2D eigenvalue weighted by molar-refractivity contribution is 9.10. The van der Waals surface area contributed by atoms with Gasteiger partial charge < -0.3 is 5.32 Å². The van der Waals surface area contributed by atoms with Crippen molar-refractivity contribution >= 4 is 39.1 Å². The van der Waals surface area contributed by atoms with E-state index in [4.69, 9.17) is 11.6 Å². The number of hydrogen-bond donors (Lipinski definition) is 1. The van der Waals surface area contributed by atoms with Crippen LogP contribution < -0.4 is 5.32 Å². The van der Waals surface area contributed by atoms with Crippen LogP contribution in [0.15, 0.2) is 46.9 Å². The lowest BCUT2D eigenvalue weighted by atomic mass is 10.1. The summed E-state index contributed by atoms with van der Waals surface area (Å²) in [5.74, 6) is 0.349. The van der Waals surface area contributed by atoms with Crippen molar-refractivity contribution in [2.75, 3.05) is 5.32 Å². The maximum atomic E-state index is 12.1. The van der Waals surface area contributed by atoms with Crippen molar-refractivity contribution in [3.05, 3.63) is 63.6 Å². The Hall–Kier alpha value is -1.32. The molecule has 2 nitrogen and oxygen atoms in total. The van der Waals surface area contributed by atoms with Gasteiger partial charge in [-0.2, -0.15) is 0 Å². The summed E-state index contributed by atoms with van der Waals surface area (Å²) >= 11 is 9.11. The molecule has 0 aliphatic rings. The SMILES string of the molecule is Cc1cc(Br)cc(C(=O)Nc2ccc(CCl)cc2)c1. The lowest BCUT2D eigenvalue weighted by Crippen LogP contribution is -2.12. The number of carbonyl (C=O) groups excluding carboxylic acids is 1. The largest absolute Gasteiger partial charge is 0.322 e. The number of aryl methyl sites for hydroxylation is 1. The van der Waals surface area contributed by atoms with Crippen LogP contribution in [0.5, 0.6) is 0 Å². The zero-order valence-electron chi connectivity index (χ0n) is 10.4. The molecule has 0 spiro atoms. The second-order valence-electron chi connectivity index (χ2n) is 4.30. The van der Waals surface area contributed by atoms with Crippen LogP contribution in [0.1, 0.15) is 21.5 Å². The number of anilines is 1. The molecule has 2 aromatic carbocycles. The fourth-order valence-electron chi connectivity index (χ4n) is 1.75. The van der Waals surface area contributed by atoms with Gasteiger partial charge >= 0.3 is 0 Å². The van der Waals surface area contributed by atoms with Gasteiger partial charge in [-0.25, -0.2) is 0 Å². The van der Waals surface area contributed by atoms with E-state index < -0.39 is 0 Å². The summed E-state index contributed by atoms with van der Waals surface area (Å²) in [5, 5.41) is 2.86. The highest BCUT2D eigenvalue weighted by atomic mass is 79.9. The van der Waals surface area contributed by atoms with Gasteiger partial charge in [0.2, 0.25) is 0 Å². The highest BCUT2D eigenvalue weighted by Crippen LogP contribution is 2.17. The molecule has 1 N–H and O–H groups in total. The smallest absolute Gasteiger partial charge is 0.255 e. The van der Waals surface area contributed by atoms with Gasteiger partial charge in [0.25, 0.3) is 5.91 Å². The van der Waals surface area contributed by atoms with Gasteiger partial charge in [0.1, 0.15) is 0 Å². The molecule has 0 heterocycles. The van der Waals surface area contributed by atoms with E-state index in [2.05, 4.69) is 21.2 Å². The Labute approximate surface area is 125 Å². The Morgan fingerprint density at radius 2 is 1.89 bits per heavy atom. The van der Waals surface area contributed by atoms with Crippen molar-refractivity contribution < 1.29 is 4.79 Å². The molecule has 0 saturated heterocycles. The summed E-state index contributed by atoms with van der Waals surface area (Å²) in [6.45, 7) is 1.96. The Bertz CT molecular complexity index is 575. The minimum Gasteiger partial charge on any atom is -0.322 e. The molecule has 19 heavy (non-hydrogen) atoms. The molecule has 0 radical (unpaired) electrons.